The minimum atomic E-state index is -0.402. The topological polar surface area (TPSA) is 114 Å². The number of aromatic nitrogens is 2. The number of hydrazine groups is 1. The van der Waals surface area contributed by atoms with Gasteiger partial charge in [-0.3, -0.25) is 14.7 Å². The van der Waals surface area contributed by atoms with Gasteiger partial charge >= 0.3 is 6.03 Å². The van der Waals surface area contributed by atoms with Crippen LogP contribution in [0.5, 0.6) is 0 Å². The van der Waals surface area contributed by atoms with Crippen molar-refractivity contribution < 1.29 is 14.0 Å². The summed E-state index contributed by atoms with van der Waals surface area (Å²) in [6.45, 7) is 11.6. The number of hydrogen-bond acceptors (Lipinski definition) is 6. The van der Waals surface area contributed by atoms with Gasteiger partial charge in [-0.2, -0.15) is 10.2 Å². The van der Waals surface area contributed by atoms with Gasteiger partial charge in [0.05, 0.1) is 4.47 Å². The number of nitrogens with zero attached hydrogens (tertiary/aromatic N) is 5. The van der Waals surface area contributed by atoms with Crippen LogP contribution in [0.15, 0.2) is 34.9 Å². The summed E-state index contributed by atoms with van der Waals surface area (Å²) in [5.41, 5.74) is 3.43. The number of rotatable bonds is 13. The fourth-order valence-electron chi connectivity index (χ4n) is 3.82. The Labute approximate surface area is 239 Å². The lowest BCUT2D eigenvalue weighted by molar-refractivity contribution is -0.122. The predicted octanol–water partition coefficient (Wildman–Crippen LogP) is 5.96. The molecule has 0 unspecified atom stereocenters. The molecule has 0 aliphatic heterocycles. The average Bonchev–Trinajstić information content (AvgIpc) is 2.85. The van der Waals surface area contributed by atoms with E-state index in [1.54, 1.807) is 22.0 Å². The highest BCUT2D eigenvalue weighted by molar-refractivity contribution is 9.10. The van der Waals surface area contributed by atoms with E-state index in [1.165, 1.54) is 18.3 Å². The molecule has 1 aromatic heterocycles. The van der Waals surface area contributed by atoms with Gasteiger partial charge in [0, 0.05) is 37.9 Å². The first kappa shape index (κ1) is 32.0. The Balaban J connectivity index is 2.05. The van der Waals surface area contributed by atoms with Crippen molar-refractivity contribution >= 4 is 39.4 Å². The predicted molar refractivity (Wildman–Crippen MR) is 154 cm³/mol. The van der Waals surface area contributed by atoms with Crippen molar-refractivity contribution in [2.45, 2.75) is 66.7 Å². The maximum Gasteiger partial charge on any atom is 0.340 e. The van der Waals surface area contributed by atoms with Crippen LogP contribution in [0.3, 0.4) is 0 Å². The zero-order valence-corrected chi connectivity index (χ0v) is 25.0. The summed E-state index contributed by atoms with van der Waals surface area (Å²) in [7, 11) is 0. The number of nitriles is 1. The molecule has 0 bridgehead atoms. The first-order chi connectivity index (χ1) is 18.4. The molecule has 0 radical (unpaired) electrons. The monoisotopic (exact) mass is 603 g/mol. The first-order valence-corrected chi connectivity index (χ1v) is 14.0. The largest absolute Gasteiger partial charge is 0.356 e. The number of amides is 3. The van der Waals surface area contributed by atoms with Crippen molar-refractivity contribution in [3.8, 4) is 6.07 Å². The van der Waals surface area contributed by atoms with Crippen molar-refractivity contribution in [3.63, 3.8) is 0 Å². The van der Waals surface area contributed by atoms with E-state index in [0.717, 1.165) is 25.7 Å². The maximum absolute atomic E-state index is 13.6. The third kappa shape index (κ3) is 11.6. The zero-order valence-electron chi connectivity index (χ0n) is 23.4. The molecule has 0 saturated heterocycles. The second-order valence-electron chi connectivity index (χ2n) is 11.0. The number of halogens is 2. The molecular weight excluding hydrogens is 565 g/mol. The van der Waals surface area contributed by atoms with Gasteiger partial charge in [-0.25, -0.2) is 19.6 Å². The molecule has 1 heterocycles. The summed E-state index contributed by atoms with van der Waals surface area (Å²) in [6, 6.07) is 7.30. The molecule has 0 saturated carbocycles. The standard InChI is InChI=1S/C28H39BrFN7O2/c1-20(2)19-37(26-23(29)18-33-24(17-31)34-26)35-27(39)36(22-12-10-21(30)11-13-22)15-9-7-6-8-14-32-25(38)16-28(3,4)5/h10-13,18,20H,6-9,14-16,19H2,1-5H3,(H,32,38)(H,35,39). The van der Waals surface area contributed by atoms with E-state index in [0.29, 0.717) is 42.0 Å². The highest BCUT2D eigenvalue weighted by Gasteiger charge is 2.22. The quantitative estimate of drug-likeness (QED) is 0.216. The molecule has 1 aromatic carbocycles. The summed E-state index contributed by atoms with van der Waals surface area (Å²) in [4.78, 5) is 35.3. The van der Waals surface area contributed by atoms with Crippen molar-refractivity contribution in [1.29, 1.82) is 5.26 Å². The molecule has 2 rings (SSSR count). The van der Waals surface area contributed by atoms with Gasteiger partial charge < -0.3 is 5.32 Å². The van der Waals surface area contributed by atoms with Crippen molar-refractivity contribution in [2.75, 3.05) is 29.5 Å². The Morgan fingerprint density at radius 1 is 1.13 bits per heavy atom. The lowest BCUT2D eigenvalue weighted by Gasteiger charge is -2.31. The molecule has 212 valence electrons. The van der Waals surface area contributed by atoms with Crippen LogP contribution >= 0.6 is 15.9 Å². The molecule has 0 fully saturated rings. The smallest absolute Gasteiger partial charge is 0.340 e. The number of nitrogens with one attached hydrogen (secondary N) is 2. The summed E-state index contributed by atoms with van der Waals surface area (Å²) in [5, 5.41) is 13.8. The Morgan fingerprint density at radius 2 is 1.79 bits per heavy atom. The van der Waals surface area contributed by atoms with Crippen LogP contribution in [-0.2, 0) is 4.79 Å². The van der Waals surface area contributed by atoms with Crippen LogP contribution in [-0.4, -0.2) is 41.5 Å². The molecule has 0 spiro atoms. The second-order valence-corrected chi connectivity index (χ2v) is 11.9. The van der Waals surface area contributed by atoms with Crippen LogP contribution in [0, 0.1) is 28.5 Å². The minimum Gasteiger partial charge on any atom is -0.356 e. The Hall–Kier alpha value is -3.26. The van der Waals surface area contributed by atoms with Gasteiger partial charge in [0.25, 0.3) is 0 Å². The van der Waals surface area contributed by atoms with Gasteiger partial charge in [0.15, 0.2) is 5.82 Å². The molecule has 0 aliphatic carbocycles. The van der Waals surface area contributed by atoms with Crippen molar-refractivity contribution in [3.05, 3.63) is 46.6 Å². The zero-order chi connectivity index (χ0) is 29.0. The number of unbranched alkanes of at least 4 members (excludes halogenated alkanes) is 3. The summed E-state index contributed by atoms with van der Waals surface area (Å²) in [6.07, 6.45) is 5.30. The number of urea groups is 1. The summed E-state index contributed by atoms with van der Waals surface area (Å²) < 4.78 is 14.1. The molecule has 11 heteroatoms. The van der Waals surface area contributed by atoms with E-state index in [1.807, 2.05) is 40.7 Å². The lowest BCUT2D eigenvalue weighted by Crippen LogP contribution is -2.51. The number of benzene rings is 1. The Bertz CT molecular complexity index is 1130. The number of carbonyl (C=O) groups is 2. The van der Waals surface area contributed by atoms with Crippen molar-refractivity contribution in [2.24, 2.45) is 11.3 Å². The van der Waals surface area contributed by atoms with Crippen LogP contribution < -0.4 is 20.7 Å². The summed E-state index contributed by atoms with van der Waals surface area (Å²) >= 11 is 3.42. The van der Waals surface area contributed by atoms with Crippen LogP contribution in [0.1, 0.15) is 72.5 Å². The summed E-state index contributed by atoms with van der Waals surface area (Å²) in [5.74, 6) is 0.200. The lowest BCUT2D eigenvalue weighted by atomic mass is 9.92. The van der Waals surface area contributed by atoms with E-state index in [-0.39, 0.29) is 28.9 Å². The van der Waals surface area contributed by atoms with Crippen LogP contribution in [0.2, 0.25) is 0 Å². The first-order valence-electron chi connectivity index (χ1n) is 13.2. The van der Waals surface area contributed by atoms with Gasteiger partial charge in [-0.15, -0.1) is 0 Å². The third-order valence-corrected chi connectivity index (χ3v) is 6.12. The fourth-order valence-corrected chi connectivity index (χ4v) is 4.22. The minimum absolute atomic E-state index is 0.0128. The van der Waals surface area contributed by atoms with Gasteiger partial charge in [0.2, 0.25) is 11.7 Å². The van der Waals surface area contributed by atoms with E-state index in [9.17, 15) is 19.2 Å². The number of anilines is 2. The highest BCUT2D eigenvalue weighted by Crippen LogP contribution is 2.24. The maximum atomic E-state index is 13.6. The van der Waals surface area contributed by atoms with E-state index in [2.05, 4.69) is 36.6 Å². The Kier molecular flexibility index (Phi) is 12.6. The Morgan fingerprint density at radius 3 is 2.41 bits per heavy atom. The molecule has 0 atom stereocenters. The van der Waals surface area contributed by atoms with Gasteiger partial charge in [-0.1, -0.05) is 47.5 Å². The molecule has 2 aromatic rings. The second kappa shape index (κ2) is 15.4. The third-order valence-electron chi connectivity index (χ3n) is 5.56. The van der Waals surface area contributed by atoms with Gasteiger partial charge in [-0.05, 0) is 64.4 Å². The molecule has 9 nitrogen and oxygen atoms in total. The SMILES string of the molecule is CC(C)CN(NC(=O)N(CCCCCCNC(=O)CC(C)(C)C)c1ccc(F)cc1)c1nc(C#N)ncc1Br. The molecule has 39 heavy (non-hydrogen) atoms. The number of carbonyl (C=O) groups excluding carboxylic acids is 2. The van der Waals surface area contributed by atoms with Crippen LogP contribution in [0.4, 0.5) is 20.7 Å². The molecule has 0 aliphatic rings. The van der Waals surface area contributed by atoms with E-state index in [4.69, 9.17) is 0 Å². The van der Waals surface area contributed by atoms with E-state index < -0.39 is 6.03 Å². The van der Waals surface area contributed by atoms with Crippen molar-refractivity contribution in [1.82, 2.24) is 20.7 Å². The normalized spacial score (nSPS) is 11.2. The average molecular weight is 605 g/mol. The molecule has 3 amide bonds. The van der Waals surface area contributed by atoms with Crippen LogP contribution in [0.25, 0.3) is 0 Å². The van der Waals surface area contributed by atoms with E-state index >= 15 is 0 Å². The fraction of sp³-hybridized carbons (Fsp3) is 0.536. The van der Waals surface area contributed by atoms with Gasteiger partial charge in [0.1, 0.15) is 11.9 Å². The molecular formula is C28H39BrFN7O2. The highest BCUT2D eigenvalue weighted by atomic mass is 79.9. The molecule has 2 N–H and O–H groups in total. The number of hydrogen-bond donors (Lipinski definition) is 2.